The van der Waals surface area contributed by atoms with E-state index in [1.807, 2.05) is 13.0 Å². The number of benzene rings is 1. The standard InChI is InChI=1S/C14H23BrN2/c1-10(2)6-4-5-7-17-14-8-11(3)13(16)9-12(14)15/h8-10,17H,4-7,16H2,1-3H3. The number of nitrogen functional groups attached to an aromatic ring is 1. The molecule has 2 nitrogen and oxygen atoms in total. The topological polar surface area (TPSA) is 38.0 Å². The van der Waals surface area contributed by atoms with Gasteiger partial charge in [0.2, 0.25) is 0 Å². The minimum absolute atomic E-state index is 0.806. The molecule has 0 amide bonds. The summed E-state index contributed by atoms with van der Waals surface area (Å²) in [6.07, 6.45) is 3.81. The highest BCUT2D eigenvalue weighted by Crippen LogP contribution is 2.27. The van der Waals surface area contributed by atoms with Crippen LogP contribution in [0.15, 0.2) is 16.6 Å². The number of nitrogens with two attached hydrogens (primary N) is 1. The largest absolute Gasteiger partial charge is 0.398 e. The van der Waals surface area contributed by atoms with Gasteiger partial charge >= 0.3 is 0 Å². The summed E-state index contributed by atoms with van der Waals surface area (Å²) in [7, 11) is 0. The maximum absolute atomic E-state index is 5.84. The van der Waals surface area contributed by atoms with Gasteiger partial charge in [0.1, 0.15) is 0 Å². The fourth-order valence-corrected chi connectivity index (χ4v) is 2.23. The van der Waals surface area contributed by atoms with Gasteiger partial charge in [0.15, 0.2) is 0 Å². The summed E-state index contributed by atoms with van der Waals surface area (Å²) in [4.78, 5) is 0. The second-order valence-electron chi connectivity index (χ2n) is 5.01. The van der Waals surface area contributed by atoms with Crippen molar-refractivity contribution in [1.29, 1.82) is 0 Å². The molecule has 0 aliphatic heterocycles. The molecule has 0 unspecified atom stereocenters. The molecule has 0 fully saturated rings. The van der Waals surface area contributed by atoms with E-state index in [9.17, 15) is 0 Å². The summed E-state index contributed by atoms with van der Waals surface area (Å²) >= 11 is 3.53. The Bertz CT molecular complexity index is 361. The molecule has 0 aromatic heterocycles. The van der Waals surface area contributed by atoms with Gasteiger partial charge in [0, 0.05) is 22.4 Å². The van der Waals surface area contributed by atoms with E-state index in [0.29, 0.717) is 0 Å². The lowest BCUT2D eigenvalue weighted by Gasteiger charge is -2.11. The summed E-state index contributed by atoms with van der Waals surface area (Å²) < 4.78 is 1.05. The number of unbranched alkanes of at least 4 members (excludes halogenated alkanes) is 1. The first kappa shape index (κ1) is 14.4. The molecule has 0 atom stereocenters. The van der Waals surface area contributed by atoms with E-state index in [2.05, 4.69) is 41.2 Å². The lowest BCUT2D eigenvalue weighted by atomic mass is 10.1. The lowest BCUT2D eigenvalue weighted by Crippen LogP contribution is -2.04. The molecular formula is C14H23BrN2. The zero-order valence-electron chi connectivity index (χ0n) is 11.0. The Morgan fingerprint density at radius 3 is 2.65 bits per heavy atom. The average molecular weight is 299 g/mol. The summed E-state index contributed by atoms with van der Waals surface area (Å²) in [6.45, 7) is 7.60. The Kier molecular flexibility index (Phi) is 5.83. The third-order valence-corrected chi connectivity index (χ3v) is 3.54. The molecule has 0 saturated carbocycles. The van der Waals surface area contributed by atoms with Gasteiger partial charge in [-0.3, -0.25) is 0 Å². The Morgan fingerprint density at radius 1 is 1.29 bits per heavy atom. The number of nitrogens with one attached hydrogen (secondary N) is 1. The van der Waals surface area contributed by atoms with Crippen LogP contribution in [0.4, 0.5) is 11.4 Å². The average Bonchev–Trinajstić information content (AvgIpc) is 2.24. The van der Waals surface area contributed by atoms with Gasteiger partial charge in [0.25, 0.3) is 0 Å². The Morgan fingerprint density at radius 2 is 2.00 bits per heavy atom. The quantitative estimate of drug-likeness (QED) is 0.596. The van der Waals surface area contributed by atoms with E-state index in [4.69, 9.17) is 5.73 Å². The number of rotatable bonds is 6. The molecule has 0 aliphatic rings. The van der Waals surface area contributed by atoms with Crippen molar-refractivity contribution in [2.24, 2.45) is 5.92 Å². The zero-order valence-corrected chi connectivity index (χ0v) is 12.6. The molecule has 1 rings (SSSR count). The van der Waals surface area contributed by atoms with Crippen molar-refractivity contribution in [3.8, 4) is 0 Å². The van der Waals surface area contributed by atoms with Gasteiger partial charge in [-0.15, -0.1) is 0 Å². The lowest BCUT2D eigenvalue weighted by molar-refractivity contribution is 0.545. The molecule has 96 valence electrons. The van der Waals surface area contributed by atoms with Crippen molar-refractivity contribution < 1.29 is 0 Å². The highest BCUT2D eigenvalue weighted by Gasteiger charge is 2.02. The molecule has 0 aliphatic carbocycles. The van der Waals surface area contributed by atoms with E-state index in [1.165, 1.54) is 19.3 Å². The van der Waals surface area contributed by atoms with Gasteiger partial charge in [-0.05, 0) is 52.9 Å². The predicted molar refractivity (Wildman–Crippen MR) is 80.5 cm³/mol. The van der Waals surface area contributed by atoms with Gasteiger partial charge in [-0.2, -0.15) is 0 Å². The van der Waals surface area contributed by atoms with Crippen LogP contribution >= 0.6 is 15.9 Å². The number of aryl methyl sites for hydroxylation is 1. The summed E-state index contributed by atoms with van der Waals surface area (Å²) in [6, 6.07) is 4.06. The fraction of sp³-hybridized carbons (Fsp3) is 0.571. The first-order valence-corrected chi connectivity index (χ1v) is 7.09. The second kappa shape index (κ2) is 6.90. The van der Waals surface area contributed by atoms with Crippen LogP contribution in [0.2, 0.25) is 0 Å². The van der Waals surface area contributed by atoms with E-state index in [0.717, 1.165) is 33.9 Å². The molecule has 0 bridgehead atoms. The van der Waals surface area contributed by atoms with Crippen LogP contribution in [0.3, 0.4) is 0 Å². The third kappa shape index (κ3) is 4.99. The fourth-order valence-electron chi connectivity index (χ4n) is 1.73. The number of hydrogen-bond donors (Lipinski definition) is 2. The van der Waals surface area contributed by atoms with Crippen molar-refractivity contribution in [3.63, 3.8) is 0 Å². The van der Waals surface area contributed by atoms with Crippen molar-refractivity contribution in [3.05, 3.63) is 22.2 Å². The van der Waals surface area contributed by atoms with Gasteiger partial charge in [0.05, 0.1) is 0 Å². The highest BCUT2D eigenvalue weighted by atomic mass is 79.9. The molecule has 0 heterocycles. The Balaban J connectivity index is 2.39. The van der Waals surface area contributed by atoms with Crippen molar-refractivity contribution in [1.82, 2.24) is 0 Å². The first-order valence-electron chi connectivity index (χ1n) is 6.30. The molecule has 1 aromatic rings. The maximum Gasteiger partial charge on any atom is 0.0488 e. The monoisotopic (exact) mass is 298 g/mol. The van der Waals surface area contributed by atoms with Crippen LogP contribution < -0.4 is 11.1 Å². The minimum Gasteiger partial charge on any atom is -0.398 e. The van der Waals surface area contributed by atoms with Crippen LogP contribution in [0.5, 0.6) is 0 Å². The molecule has 3 heteroatoms. The molecular weight excluding hydrogens is 276 g/mol. The van der Waals surface area contributed by atoms with E-state index >= 15 is 0 Å². The summed E-state index contributed by atoms with van der Waals surface area (Å²) in [5.74, 6) is 0.806. The minimum atomic E-state index is 0.806. The maximum atomic E-state index is 5.84. The molecule has 3 N–H and O–H groups in total. The number of anilines is 2. The smallest absolute Gasteiger partial charge is 0.0488 e. The Hall–Kier alpha value is -0.700. The molecule has 1 aromatic carbocycles. The number of hydrogen-bond acceptors (Lipinski definition) is 2. The predicted octanol–water partition coefficient (Wildman–Crippen LogP) is 4.58. The van der Waals surface area contributed by atoms with Crippen LogP contribution in [0.1, 0.15) is 38.7 Å². The molecule has 0 radical (unpaired) electrons. The van der Waals surface area contributed by atoms with Crippen LogP contribution in [0.25, 0.3) is 0 Å². The van der Waals surface area contributed by atoms with Gasteiger partial charge in [-0.25, -0.2) is 0 Å². The zero-order chi connectivity index (χ0) is 12.8. The van der Waals surface area contributed by atoms with E-state index in [-0.39, 0.29) is 0 Å². The molecule has 17 heavy (non-hydrogen) atoms. The van der Waals surface area contributed by atoms with Crippen molar-refractivity contribution in [2.75, 3.05) is 17.6 Å². The molecule has 0 saturated heterocycles. The van der Waals surface area contributed by atoms with Crippen LogP contribution in [-0.2, 0) is 0 Å². The van der Waals surface area contributed by atoms with Gasteiger partial charge in [-0.1, -0.05) is 26.7 Å². The van der Waals surface area contributed by atoms with Crippen molar-refractivity contribution in [2.45, 2.75) is 40.0 Å². The van der Waals surface area contributed by atoms with E-state index in [1.54, 1.807) is 0 Å². The Labute approximate surface area is 113 Å². The summed E-state index contributed by atoms with van der Waals surface area (Å²) in [5.41, 5.74) is 8.94. The van der Waals surface area contributed by atoms with Crippen LogP contribution in [0, 0.1) is 12.8 Å². The number of halogens is 1. The van der Waals surface area contributed by atoms with Gasteiger partial charge < -0.3 is 11.1 Å². The SMILES string of the molecule is Cc1cc(NCCCCC(C)C)c(Br)cc1N. The van der Waals surface area contributed by atoms with Crippen LogP contribution in [-0.4, -0.2) is 6.54 Å². The third-order valence-electron chi connectivity index (χ3n) is 2.88. The summed E-state index contributed by atoms with van der Waals surface area (Å²) in [5, 5.41) is 3.45. The van der Waals surface area contributed by atoms with E-state index < -0.39 is 0 Å². The normalized spacial score (nSPS) is 10.9. The molecule has 0 spiro atoms. The first-order chi connectivity index (χ1) is 8.00. The second-order valence-corrected chi connectivity index (χ2v) is 5.86. The van der Waals surface area contributed by atoms with Crippen molar-refractivity contribution >= 4 is 27.3 Å². The highest BCUT2D eigenvalue weighted by molar-refractivity contribution is 9.10.